The average Bonchev–Trinajstić information content (AvgIpc) is 2.52. The Labute approximate surface area is 140 Å². The van der Waals surface area contributed by atoms with Gasteiger partial charge < -0.3 is 5.32 Å². The van der Waals surface area contributed by atoms with Crippen molar-refractivity contribution in [3.8, 4) is 0 Å². The molecule has 0 saturated heterocycles. The van der Waals surface area contributed by atoms with Gasteiger partial charge in [0.2, 0.25) is 10.0 Å². The van der Waals surface area contributed by atoms with Crippen LogP contribution in [0.1, 0.15) is 29.9 Å². The smallest absolute Gasteiger partial charge is 0.254 e. The molecule has 128 valence electrons. The number of carbonyl (C=O) groups excluding carboxylic acids is 1. The summed E-state index contributed by atoms with van der Waals surface area (Å²) in [5.74, 6) is -1.50. The molecule has 6 nitrogen and oxygen atoms in total. The van der Waals surface area contributed by atoms with Crippen LogP contribution in [-0.4, -0.2) is 25.4 Å². The number of nitrogens with zero attached hydrogens (tertiary/aromatic N) is 1. The summed E-state index contributed by atoms with van der Waals surface area (Å²) in [5, 5.41) is 2.52. The second kappa shape index (κ2) is 7.50. The Morgan fingerprint density at radius 1 is 1.25 bits per heavy atom. The van der Waals surface area contributed by atoms with E-state index in [1.807, 2.05) is 0 Å². The number of amides is 1. The minimum absolute atomic E-state index is 0.111. The number of aromatic nitrogens is 1. The quantitative estimate of drug-likeness (QED) is 0.831. The van der Waals surface area contributed by atoms with Crippen LogP contribution in [0.2, 0.25) is 0 Å². The first-order chi connectivity index (χ1) is 11.3. The van der Waals surface area contributed by atoms with Crippen LogP contribution in [0, 0.1) is 5.82 Å². The van der Waals surface area contributed by atoms with Gasteiger partial charge in [-0.3, -0.25) is 9.78 Å². The Hall–Kier alpha value is -2.32. The van der Waals surface area contributed by atoms with E-state index in [4.69, 9.17) is 0 Å². The van der Waals surface area contributed by atoms with Crippen molar-refractivity contribution in [2.24, 2.45) is 0 Å². The molecule has 0 radical (unpaired) electrons. The minimum atomic E-state index is -3.81. The van der Waals surface area contributed by atoms with Crippen LogP contribution in [0.3, 0.4) is 0 Å². The van der Waals surface area contributed by atoms with Crippen LogP contribution in [0.4, 0.5) is 4.39 Å². The van der Waals surface area contributed by atoms with E-state index < -0.39 is 21.7 Å². The van der Waals surface area contributed by atoms with Gasteiger partial charge in [-0.25, -0.2) is 17.5 Å². The molecule has 0 spiro atoms. The van der Waals surface area contributed by atoms with Crippen LogP contribution >= 0.6 is 0 Å². The molecule has 0 saturated carbocycles. The Kier molecular flexibility index (Phi) is 5.63. The third-order valence-corrected chi connectivity index (χ3v) is 4.70. The first kappa shape index (κ1) is 18.0. The highest BCUT2D eigenvalue weighted by Crippen LogP contribution is 2.15. The topological polar surface area (TPSA) is 88.2 Å². The van der Waals surface area contributed by atoms with Crippen molar-refractivity contribution in [2.45, 2.75) is 31.3 Å². The molecule has 2 N–H and O–H groups in total. The van der Waals surface area contributed by atoms with Gasteiger partial charge in [-0.1, -0.05) is 6.07 Å². The molecule has 0 fully saturated rings. The van der Waals surface area contributed by atoms with Crippen LogP contribution in [0.15, 0.2) is 47.5 Å². The van der Waals surface area contributed by atoms with Crippen molar-refractivity contribution >= 4 is 15.9 Å². The van der Waals surface area contributed by atoms with Crippen molar-refractivity contribution in [2.75, 3.05) is 0 Å². The summed E-state index contributed by atoms with van der Waals surface area (Å²) in [5.41, 5.74) is 0.272. The van der Waals surface area contributed by atoms with E-state index in [0.717, 1.165) is 18.2 Å². The molecule has 1 aromatic carbocycles. The fourth-order valence-corrected chi connectivity index (χ4v) is 3.27. The van der Waals surface area contributed by atoms with E-state index in [0.29, 0.717) is 5.69 Å². The predicted octanol–water partition coefficient (Wildman–Crippen LogP) is 1.84. The highest BCUT2D eigenvalue weighted by molar-refractivity contribution is 7.89. The summed E-state index contributed by atoms with van der Waals surface area (Å²) in [7, 11) is -3.81. The van der Waals surface area contributed by atoms with Crippen molar-refractivity contribution in [1.29, 1.82) is 0 Å². The zero-order valence-electron chi connectivity index (χ0n) is 13.3. The zero-order chi connectivity index (χ0) is 17.7. The Morgan fingerprint density at radius 3 is 2.62 bits per heavy atom. The van der Waals surface area contributed by atoms with Gasteiger partial charge in [-0.15, -0.1) is 0 Å². The molecule has 1 aromatic heterocycles. The average molecular weight is 351 g/mol. The van der Waals surface area contributed by atoms with E-state index in [9.17, 15) is 17.6 Å². The van der Waals surface area contributed by atoms with E-state index in [2.05, 4.69) is 15.0 Å². The summed E-state index contributed by atoms with van der Waals surface area (Å²) in [6, 6.07) is 8.00. The highest BCUT2D eigenvalue weighted by atomic mass is 32.2. The van der Waals surface area contributed by atoms with E-state index >= 15 is 0 Å². The summed E-state index contributed by atoms with van der Waals surface area (Å²) in [6.07, 6.45) is 1.58. The SMILES string of the molecule is CC(C)NS(=O)(=O)c1ccc(F)c(C(=O)NCc2ccccn2)c1. The summed E-state index contributed by atoms with van der Waals surface area (Å²) < 4.78 is 40.6. The first-order valence-corrected chi connectivity index (χ1v) is 8.78. The van der Waals surface area contributed by atoms with E-state index in [1.165, 1.54) is 0 Å². The van der Waals surface area contributed by atoms with Gasteiger partial charge in [0.15, 0.2) is 0 Å². The minimum Gasteiger partial charge on any atom is -0.346 e. The lowest BCUT2D eigenvalue weighted by Crippen LogP contribution is -2.31. The van der Waals surface area contributed by atoms with Gasteiger partial charge in [-0.2, -0.15) is 0 Å². The maximum atomic E-state index is 13.9. The Balaban J connectivity index is 2.20. The lowest BCUT2D eigenvalue weighted by molar-refractivity contribution is 0.0946. The largest absolute Gasteiger partial charge is 0.346 e. The number of carbonyl (C=O) groups is 1. The third-order valence-electron chi connectivity index (χ3n) is 3.04. The molecule has 8 heteroatoms. The number of hydrogen-bond acceptors (Lipinski definition) is 4. The number of rotatable bonds is 6. The van der Waals surface area contributed by atoms with Crippen molar-refractivity contribution in [3.63, 3.8) is 0 Å². The van der Waals surface area contributed by atoms with Crippen LogP contribution in [0.25, 0.3) is 0 Å². The van der Waals surface area contributed by atoms with Gasteiger partial charge in [0.1, 0.15) is 5.82 Å². The van der Waals surface area contributed by atoms with Crippen molar-refractivity contribution < 1.29 is 17.6 Å². The molecule has 2 aromatic rings. The molecule has 0 aliphatic rings. The number of sulfonamides is 1. The standard InChI is InChI=1S/C16H18FN3O3S/c1-11(2)20-24(22,23)13-6-7-15(17)14(9-13)16(21)19-10-12-5-3-4-8-18-12/h3-9,11,20H,10H2,1-2H3,(H,19,21). The van der Waals surface area contributed by atoms with Gasteiger partial charge >= 0.3 is 0 Å². The molecule has 24 heavy (non-hydrogen) atoms. The fourth-order valence-electron chi connectivity index (χ4n) is 1.99. The molecule has 1 amide bonds. The van der Waals surface area contributed by atoms with E-state index in [1.54, 1.807) is 38.2 Å². The summed E-state index contributed by atoms with van der Waals surface area (Å²) >= 11 is 0. The third kappa shape index (κ3) is 4.59. The van der Waals surface area contributed by atoms with Crippen molar-refractivity contribution in [1.82, 2.24) is 15.0 Å². The van der Waals surface area contributed by atoms with Gasteiger partial charge in [-0.05, 0) is 44.2 Å². The molecule has 0 aliphatic carbocycles. The fraction of sp³-hybridized carbons (Fsp3) is 0.250. The molecule has 0 atom stereocenters. The van der Waals surface area contributed by atoms with Gasteiger partial charge in [0, 0.05) is 12.2 Å². The maximum Gasteiger partial charge on any atom is 0.254 e. The Morgan fingerprint density at radius 2 is 2.00 bits per heavy atom. The number of nitrogens with one attached hydrogen (secondary N) is 2. The lowest BCUT2D eigenvalue weighted by atomic mass is 10.2. The first-order valence-electron chi connectivity index (χ1n) is 7.29. The predicted molar refractivity (Wildman–Crippen MR) is 87.3 cm³/mol. The molecular formula is C16H18FN3O3S. The van der Waals surface area contributed by atoms with Gasteiger partial charge in [0.05, 0.1) is 22.7 Å². The molecular weight excluding hydrogens is 333 g/mol. The monoisotopic (exact) mass is 351 g/mol. The molecule has 1 heterocycles. The van der Waals surface area contributed by atoms with Crippen LogP contribution in [-0.2, 0) is 16.6 Å². The van der Waals surface area contributed by atoms with Gasteiger partial charge in [0.25, 0.3) is 5.91 Å². The van der Waals surface area contributed by atoms with E-state index in [-0.39, 0.29) is 23.0 Å². The molecule has 0 aliphatic heterocycles. The maximum absolute atomic E-state index is 13.9. The van der Waals surface area contributed by atoms with Crippen molar-refractivity contribution in [3.05, 3.63) is 59.7 Å². The normalized spacial score (nSPS) is 11.5. The highest BCUT2D eigenvalue weighted by Gasteiger charge is 2.20. The molecule has 0 unspecified atom stereocenters. The summed E-state index contributed by atoms with van der Waals surface area (Å²) in [6.45, 7) is 3.45. The Bertz CT molecular complexity index is 824. The number of benzene rings is 1. The van der Waals surface area contributed by atoms with Crippen LogP contribution in [0.5, 0.6) is 0 Å². The number of halogens is 1. The second-order valence-electron chi connectivity index (χ2n) is 5.42. The summed E-state index contributed by atoms with van der Waals surface area (Å²) in [4.78, 5) is 16.0. The van der Waals surface area contributed by atoms with Crippen LogP contribution < -0.4 is 10.0 Å². The number of pyridine rings is 1. The molecule has 0 bridgehead atoms. The molecule has 2 rings (SSSR count). The second-order valence-corrected chi connectivity index (χ2v) is 7.14. The lowest BCUT2D eigenvalue weighted by Gasteiger charge is -2.11. The zero-order valence-corrected chi connectivity index (χ0v) is 14.1. The number of hydrogen-bond donors (Lipinski definition) is 2.